The Morgan fingerprint density at radius 1 is 1.37 bits per heavy atom. The average molecular weight is 296 g/mol. The van der Waals surface area contributed by atoms with E-state index in [1.165, 1.54) is 23.5 Å². The molecule has 0 fully saturated rings. The van der Waals surface area contributed by atoms with Gasteiger partial charge < -0.3 is 10.5 Å². The van der Waals surface area contributed by atoms with E-state index in [0.717, 1.165) is 10.4 Å². The largest absolute Gasteiger partial charge is 0.488 e. The second-order valence-electron chi connectivity index (χ2n) is 3.67. The highest BCUT2D eigenvalue weighted by Crippen LogP contribution is 2.22. The Hall–Kier alpha value is -1.54. The molecule has 2 nitrogen and oxygen atoms in total. The van der Waals surface area contributed by atoms with Gasteiger partial charge in [0.05, 0.1) is 11.6 Å². The van der Waals surface area contributed by atoms with Crippen LogP contribution < -0.4 is 10.5 Å². The predicted molar refractivity (Wildman–Crippen MR) is 76.0 cm³/mol. The highest BCUT2D eigenvalue weighted by atomic mass is 35.5. The standard InChI is InChI=1S/C14H11ClFNOS/c15-13-4-3-11(7-14(13)16)18-8-12-6-10(9-19-12)2-1-5-17/h3-4,6-7,9H,5,8,17H2. The van der Waals surface area contributed by atoms with Gasteiger partial charge in [0.25, 0.3) is 0 Å². The summed E-state index contributed by atoms with van der Waals surface area (Å²) in [4.78, 5) is 1.01. The highest BCUT2D eigenvalue weighted by molar-refractivity contribution is 7.10. The number of ether oxygens (including phenoxy) is 1. The van der Waals surface area contributed by atoms with Crippen LogP contribution in [0.4, 0.5) is 4.39 Å². The molecule has 0 atom stereocenters. The lowest BCUT2D eigenvalue weighted by molar-refractivity contribution is 0.308. The Balaban J connectivity index is 1.98. The van der Waals surface area contributed by atoms with Crippen molar-refractivity contribution in [3.63, 3.8) is 0 Å². The van der Waals surface area contributed by atoms with Crippen LogP contribution in [0.5, 0.6) is 5.75 Å². The van der Waals surface area contributed by atoms with E-state index in [1.54, 1.807) is 6.07 Å². The molecule has 0 spiro atoms. The molecule has 2 aromatic rings. The molecule has 0 aliphatic rings. The summed E-state index contributed by atoms with van der Waals surface area (Å²) in [6.07, 6.45) is 0. The highest BCUT2D eigenvalue weighted by Gasteiger charge is 2.03. The van der Waals surface area contributed by atoms with E-state index in [-0.39, 0.29) is 5.02 Å². The Morgan fingerprint density at radius 3 is 2.95 bits per heavy atom. The van der Waals surface area contributed by atoms with E-state index < -0.39 is 5.82 Å². The van der Waals surface area contributed by atoms with Crippen molar-refractivity contribution in [2.45, 2.75) is 6.61 Å². The molecular formula is C14H11ClFNOS. The number of rotatable bonds is 3. The Labute approximate surface area is 120 Å². The minimum Gasteiger partial charge on any atom is -0.488 e. The fourth-order valence-electron chi connectivity index (χ4n) is 1.40. The zero-order chi connectivity index (χ0) is 13.7. The molecule has 0 aliphatic carbocycles. The lowest BCUT2D eigenvalue weighted by Crippen LogP contribution is -1.93. The molecule has 0 saturated carbocycles. The van der Waals surface area contributed by atoms with Gasteiger partial charge in [0.15, 0.2) is 0 Å². The molecule has 0 unspecified atom stereocenters. The van der Waals surface area contributed by atoms with Gasteiger partial charge in [-0.15, -0.1) is 11.3 Å². The van der Waals surface area contributed by atoms with Gasteiger partial charge in [0.1, 0.15) is 18.2 Å². The molecule has 98 valence electrons. The summed E-state index contributed by atoms with van der Waals surface area (Å²) < 4.78 is 18.7. The number of nitrogens with two attached hydrogens (primary N) is 1. The van der Waals surface area contributed by atoms with Crippen LogP contribution in [0, 0.1) is 17.7 Å². The third-order valence-electron chi connectivity index (χ3n) is 2.26. The maximum Gasteiger partial charge on any atom is 0.145 e. The van der Waals surface area contributed by atoms with Gasteiger partial charge in [-0.1, -0.05) is 23.4 Å². The van der Waals surface area contributed by atoms with E-state index in [1.807, 2.05) is 11.4 Å². The molecule has 5 heteroatoms. The summed E-state index contributed by atoms with van der Waals surface area (Å²) in [5.74, 6) is 5.69. The van der Waals surface area contributed by atoms with E-state index >= 15 is 0 Å². The van der Waals surface area contributed by atoms with Gasteiger partial charge in [0, 0.05) is 21.9 Å². The summed E-state index contributed by atoms with van der Waals surface area (Å²) in [6.45, 7) is 0.710. The third kappa shape index (κ3) is 3.97. The normalized spacial score (nSPS) is 9.84. The first-order valence-electron chi connectivity index (χ1n) is 5.53. The molecule has 2 N–H and O–H groups in total. The van der Waals surface area contributed by atoms with Crippen molar-refractivity contribution < 1.29 is 9.13 Å². The van der Waals surface area contributed by atoms with Crippen LogP contribution in [0.15, 0.2) is 29.6 Å². The molecule has 0 saturated heterocycles. The van der Waals surface area contributed by atoms with Crippen molar-refractivity contribution >= 4 is 22.9 Å². The summed E-state index contributed by atoms with van der Waals surface area (Å²) in [5, 5.41) is 2.02. The summed E-state index contributed by atoms with van der Waals surface area (Å²) in [6, 6.07) is 6.30. The zero-order valence-corrected chi connectivity index (χ0v) is 11.5. The minimum absolute atomic E-state index is 0.0859. The van der Waals surface area contributed by atoms with Gasteiger partial charge in [-0.05, 0) is 18.2 Å². The first-order chi connectivity index (χ1) is 9.19. The van der Waals surface area contributed by atoms with Gasteiger partial charge in [0.2, 0.25) is 0 Å². The van der Waals surface area contributed by atoms with E-state index in [2.05, 4.69) is 11.8 Å². The zero-order valence-electron chi connectivity index (χ0n) is 9.95. The molecule has 0 amide bonds. The first kappa shape index (κ1) is 13.9. The van der Waals surface area contributed by atoms with Crippen LogP contribution in [0.1, 0.15) is 10.4 Å². The van der Waals surface area contributed by atoms with Crippen LogP contribution in [0.25, 0.3) is 0 Å². The average Bonchev–Trinajstić information content (AvgIpc) is 2.86. The Kier molecular flexibility index (Phi) is 4.80. The molecule has 1 aromatic heterocycles. The van der Waals surface area contributed by atoms with Crippen molar-refractivity contribution in [3.8, 4) is 17.6 Å². The summed E-state index contributed by atoms with van der Waals surface area (Å²) in [7, 11) is 0. The topological polar surface area (TPSA) is 35.2 Å². The molecule has 1 heterocycles. The number of hydrogen-bond donors (Lipinski definition) is 1. The third-order valence-corrected chi connectivity index (χ3v) is 3.48. The SMILES string of the molecule is NCC#Cc1csc(COc2ccc(Cl)c(F)c2)c1. The second kappa shape index (κ2) is 6.58. The molecule has 0 bridgehead atoms. The maximum absolute atomic E-state index is 13.2. The summed E-state index contributed by atoms with van der Waals surface area (Å²) >= 11 is 7.13. The second-order valence-corrected chi connectivity index (χ2v) is 5.08. The predicted octanol–water partition coefficient (Wildman–Crippen LogP) is 3.43. The van der Waals surface area contributed by atoms with Crippen LogP contribution in [-0.4, -0.2) is 6.54 Å². The van der Waals surface area contributed by atoms with E-state index in [9.17, 15) is 4.39 Å². The number of thiophene rings is 1. The van der Waals surface area contributed by atoms with Crippen LogP contribution in [0.2, 0.25) is 5.02 Å². The number of benzene rings is 1. The fourth-order valence-corrected chi connectivity index (χ4v) is 2.24. The van der Waals surface area contributed by atoms with Crippen molar-refractivity contribution in [3.05, 3.63) is 50.9 Å². The Bertz CT molecular complexity index is 630. The van der Waals surface area contributed by atoms with Crippen molar-refractivity contribution in [1.29, 1.82) is 0 Å². The lowest BCUT2D eigenvalue weighted by atomic mass is 10.3. The molecular weight excluding hydrogens is 285 g/mol. The molecule has 19 heavy (non-hydrogen) atoms. The van der Waals surface area contributed by atoms with Crippen LogP contribution in [0.3, 0.4) is 0 Å². The fraction of sp³-hybridized carbons (Fsp3) is 0.143. The minimum atomic E-state index is -0.486. The maximum atomic E-state index is 13.2. The van der Waals surface area contributed by atoms with E-state index in [4.69, 9.17) is 22.1 Å². The monoisotopic (exact) mass is 295 g/mol. The Morgan fingerprint density at radius 2 is 2.21 bits per heavy atom. The van der Waals surface area contributed by atoms with Crippen molar-refractivity contribution in [2.24, 2.45) is 5.73 Å². The van der Waals surface area contributed by atoms with Gasteiger partial charge >= 0.3 is 0 Å². The van der Waals surface area contributed by atoms with Gasteiger partial charge in [-0.2, -0.15) is 0 Å². The van der Waals surface area contributed by atoms with Crippen LogP contribution in [-0.2, 0) is 6.61 Å². The lowest BCUT2D eigenvalue weighted by Gasteiger charge is -2.04. The first-order valence-corrected chi connectivity index (χ1v) is 6.79. The molecule has 0 aliphatic heterocycles. The summed E-state index contributed by atoms with van der Waals surface area (Å²) in [5.41, 5.74) is 6.22. The molecule has 1 aromatic carbocycles. The van der Waals surface area contributed by atoms with E-state index in [0.29, 0.717) is 18.9 Å². The van der Waals surface area contributed by atoms with Gasteiger partial charge in [-0.25, -0.2) is 4.39 Å². The molecule has 2 rings (SSSR count). The van der Waals surface area contributed by atoms with Gasteiger partial charge in [-0.3, -0.25) is 0 Å². The van der Waals surface area contributed by atoms with Crippen molar-refractivity contribution in [1.82, 2.24) is 0 Å². The quantitative estimate of drug-likeness (QED) is 0.881. The number of hydrogen-bond acceptors (Lipinski definition) is 3. The van der Waals surface area contributed by atoms with Crippen molar-refractivity contribution in [2.75, 3.05) is 6.54 Å². The van der Waals surface area contributed by atoms with Crippen LogP contribution >= 0.6 is 22.9 Å². The number of halogens is 2. The molecule has 0 radical (unpaired) electrons. The smallest absolute Gasteiger partial charge is 0.145 e.